The normalized spacial score (nSPS) is 15.4. The van der Waals surface area contributed by atoms with Gasteiger partial charge < -0.3 is 47.1 Å². The van der Waals surface area contributed by atoms with Gasteiger partial charge in [-0.25, -0.2) is 4.79 Å². The summed E-state index contributed by atoms with van der Waals surface area (Å²) in [6, 6.07) is 47.8. The largest absolute Gasteiger partial charge is 1.00 e. The molecule has 3 aliphatic rings. The number of carbonyl (C=O) groups excluding carboxylic acids is 7. The molecule has 0 spiro atoms. The predicted octanol–water partition coefficient (Wildman–Crippen LogP) is 4.42. The van der Waals surface area contributed by atoms with E-state index in [1.807, 2.05) is 127 Å². The molecule has 3 heterocycles. The number of para-hydroxylation sites is 3. The van der Waals surface area contributed by atoms with E-state index in [0.29, 0.717) is 87.7 Å². The van der Waals surface area contributed by atoms with Gasteiger partial charge in [-0.15, -0.1) is 12.4 Å². The van der Waals surface area contributed by atoms with E-state index >= 15 is 0 Å². The number of aliphatic carboxylic acids is 3. The zero-order valence-corrected chi connectivity index (χ0v) is 59.0. The minimum absolute atomic E-state index is 0. The summed E-state index contributed by atoms with van der Waals surface area (Å²) in [5.74, 6) is -6.23. The fraction of sp³-hybridized carbons (Fsp3) is 0.356. The Balaban J connectivity index is 0.000000460. The molecule has 26 heteroatoms. The Morgan fingerprint density at radius 1 is 0.485 bits per heavy atom. The van der Waals surface area contributed by atoms with Crippen molar-refractivity contribution in [2.45, 2.75) is 128 Å². The van der Waals surface area contributed by atoms with Crippen molar-refractivity contribution >= 4 is 97.2 Å². The van der Waals surface area contributed by atoms with Gasteiger partial charge in [-0.2, -0.15) is 0 Å². The van der Waals surface area contributed by atoms with Gasteiger partial charge in [0.05, 0.1) is 37.9 Å². The number of nitrogens with one attached hydrogen (secondary N) is 2. The summed E-state index contributed by atoms with van der Waals surface area (Å²) >= 11 is 0. The van der Waals surface area contributed by atoms with E-state index in [1.54, 1.807) is 57.2 Å². The number of ketones is 1. The van der Waals surface area contributed by atoms with Crippen LogP contribution in [0.4, 0.5) is 17.1 Å². The number of nitrogens with two attached hydrogens (primary N) is 1. The number of Topliss-reactive ketones (excluding diaryl/α,β-unsaturated/α-hetero) is 1. The monoisotopic (exact) mass is 1380 g/mol. The molecule has 0 fully saturated rings. The van der Waals surface area contributed by atoms with Crippen LogP contribution in [-0.2, 0) is 101 Å². The molecule has 7 N–H and O–H groups in total. The van der Waals surface area contributed by atoms with Gasteiger partial charge in [-0.1, -0.05) is 146 Å². The van der Waals surface area contributed by atoms with E-state index in [4.69, 9.17) is 32.1 Å². The topological polar surface area (TPSA) is 343 Å². The van der Waals surface area contributed by atoms with Crippen molar-refractivity contribution in [2.75, 3.05) is 54.2 Å². The third-order valence-corrected chi connectivity index (χ3v) is 15.6. The van der Waals surface area contributed by atoms with Gasteiger partial charge in [0, 0.05) is 31.9 Å². The number of aryl methyl sites for hydroxylation is 6. The molecule has 0 aliphatic carbocycles. The maximum Gasteiger partial charge on any atom is 1.00 e. The second-order valence-electron chi connectivity index (χ2n) is 22.3. The molecule has 6 aromatic carbocycles. The molecule has 0 aromatic heterocycles. The van der Waals surface area contributed by atoms with Crippen LogP contribution in [0.25, 0.3) is 0 Å². The van der Waals surface area contributed by atoms with Crippen molar-refractivity contribution in [2.24, 2.45) is 5.73 Å². The molecule has 519 valence electrons. The minimum Gasteiger partial charge on any atom is -0.512 e. The van der Waals surface area contributed by atoms with Crippen LogP contribution in [0, 0.1) is 11.8 Å². The zero-order valence-electron chi connectivity index (χ0n) is 56.2. The third kappa shape index (κ3) is 28.0. The Labute approximate surface area is 608 Å². The number of hydrogen-bond donors (Lipinski definition) is 6. The first-order chi connectivity index (χ1) is 46.3. The average Bonchev–Trinajstić information content (AvgIpc) is 1.73. The molecule has 99 heavy (non-hydrogen) atoms. The number of carbonyl (C=O) groups is 10. The van der Waals surface area contributed by atoms with E-state index in [2.05, 4.69) is 15.4 Å². The number of halogens is 1. The van der Waals surface area contributed by atoms with Crippen LogP contribution in [0.3, 0.4) is 0 Å². The molecular weight excluding hydrogens is 1300 g/mol. The summed E-state index contributed by atoms with van der Waals surface area (Å²) in [7, 11) is 0. The maximum absolute atomic E-state index is 13.3. The summed E-state index contributed by atoms with van der Waals surface area (Å²) in [4.78, 5) is 123. The maximum atomic E-state index is 13.3. The third-order valence-electron chi connectivity index (χ3n) is 15.6. The van der Waals surface area contributed by atoms with Gasteiger partial charge in [-0.05, 0) is 143 Å². The summed E-state index contributed by atoms with van der Waals surface area (Å²) in [5.41, 5.74) is 13.6. The van der Waals surface area contributed by atoms with Crippen LogP contribution in [0.5, 0.6) is 0 Å². The molecule has 0 saturated carbocycles. The number of nitrogens with zero attached hydrogens (tertiary/aromatic N) is 4. The van der Waals surface area contributed by atoms with Gasteiger partial charge in [0.15, 0.2) is 0 Å². The molecule has 23 nitrogen and oxygen atoms in total. The number of esters is 3. The molecule has 3 aliphatic heterocycles. The number of carboxylic acid groups (broad SMARTS) is 3. The van der Waals surface area contributed by atoms with Crippen LogP contribution >= 0.6 is 12.4 Å². The summed E-state index contributed by atoms with van der Waals surface area (Å²) in [6.07, 6.45) is 6.41. The number of carboxylic acids is 3. The van der Waals surface area contributed by atoms with E-state index in [0.717, 1.165) is 33.4 Å². The van der Waals surface area contributed by atoms with Gasteiger partial charge in [0.25, 0.3) is 0 Å². The molecule has 6 aromatic rings. The van der Waals surface area contributed by atoms with E-state index in [1.165, 1.54) is 14.7 Å². The number of hydrogen-bond acceptors (Lipinski definition) is 17. The van der Waals surface area contributed by atoms with Crippen LogP contribution in [0.2, 0.25) is 0 Å². The number of anilines is 3. The average molecular weight is 1390 g/mol. The van der Waals surface area contributed by atoms with Gasteiger partial charge in [0.1, 0.15) is 31.7 Å². The predicted molar refractivity (Wildman–Crippen MR) is 371 cm³/mol. The number of benzene rings is 6. The second-order valence-corrected chi connectivity index (χ2v) is 22.3. The fourth-order valence-corrected chi connectivity index (χ4v) is 11.0. The smallest absolute Gasteiger partial charge is 0.512 e. The standard InChI is InChI=1S/2C24H28N2O5.C12H14N2O3.C12H14O3.CN.B.ClH.Na/c2*1-2-31-24(30)20(14-12-17-8-4-3-5-9-17)25-19-15-13-18-10-6-7-11-21(18)26(23(19)29)16-22(27)28;13-9-6-5-8-3-1-2-4-10(8)14(12(9)17)7-11(15)16;1-2-15-12(14)11(13)9-8-10-6-4-3-5-7-10;1-2;;;/h2*3-11,19-20,25H,2,12-16H2,1H3,(H,27,28);1-4,9H,5-7,13H2,(H,15,16);3-7H,2,8-9H2,1H3;;;1H;/q;;;;-1;;;+1/t2*19-,20?;9-;;;;;/m000...../s1. The van der Waals surface area contributed by atoms with E-state index < -0.39 is 84.9 Å². The fourth-order valence-electron chi connectivity index (χ4n) is 11.0. The minimum atomic E-state index is -1.09. The quantitative estimate of drug-likeness (QED) is 0.0152. The second kappa shape index (κ2) is 46.3. The summed E-state index contributed by atoms with van der Waals surface area (Å²) < 4.78 is 15.1. The van der Waals surface area contributed by atoms with E-state index in [9.17, 15) is 58.2 Å². The Morgan fingerprint density at radius 3 is 1.12 bits per heavy atom. The van der Waals surface area contributed by atoms with Gasteiger partial charge >= 0.3 is 65.4 Å². The van der Waals surface area contributed by atoms with Crippen molar-refractivity contribution < 1.29 is 107 Å². The van der Waals surface area contributed by atoms with Crippen molar-refractivity contribution in [1.29, 1.82) is 5.26 Å². The molecular formula is C73H85BClN7NaO16. The number of ether oxygens (including phenoxy) is 3. The van der Waals surface area contributed by atoms with Crippen molar-refractivity contribution in [3.63, 3.8) is 0 Å². The number of rotatable bonds is 25. The molecule has 0 saturated heterocycles. The summed E-state index contributed by atoms with van der Waals surface area (Å²) in [6.45, 7) is 9.46. The molecule has 9 rings (SSSR count). The first-order valence-electron chi connectivity index (χ1n) is 31.8. The number of amides is 3. The molecule has 2 unspecified atom stereocenters. The van der Waals surface area contributed by atoms with Gasteiger partial charge in [-0.3, -0.25) is 68.5 Å². The summed E-state index contributed by atoms with van der Waals surface area (Å²) in [5, 5.41) is 40.2. The Hall–Kier alpha value is -9.06. The van der Waals surface area contributed by atoms with Crippen LogP contribution < -0.4 is 60.6 Å². The number of fused-ring (bicyclic) bond motifs is 3. The van der Waals surface area contributed by atoms with Crippen LogP contribution in [-0.4, -0.2) is 153 Å². The van der Waals surface area contributed by atoms with Crippen LogP contribution in [0.1, 0.15) is 92.7 Å². The SMILES string of the molecule is CCOC(=O)C(=O)CCc1ccccc1.CCOC(=O)C(CCc1ccccc1)N[C@H]1CCc2ccccc2N(CC(=O)O)C1=O.CCOC(=O)C(CCc1ccccc1)N[C@H]1CCc2ccccc2N(CC(=O)O)C1=O.Cl.N[C@H]1CCc2ccccc2N(CC(=O)O)C1=O.[B].[C-]#N.[Na+]. The van der Waals surface area contributed by atoms with Gasteiger partial charge in [0.2, 0.25) is 23.5 Å². The van der Waals surface area contributed by atoms with Crippen molar-refractivity contribution in [3.05, 3.63) is 204 Å². The first-order valence-corrected chi connectivity index (χ1v) is 31.8. The van der Waals surface area contributed by atoms with E-state index in [-0.39, 0.29) is 101 Å². The molecule has 3 amide bonds. The first kappa shape index (κ1) is 86.0. The van der Waals surface area contributed by atoms with Crippen LogP contribution in [0.15, 0.2) is 164 Å². The molecule has 3 radical (unpaired) electrons. The Bertz CT molecular complexity index is 3430. The Kier molecular flexibility index (Phi) is 40.2. The zero-order chi connectivity index (χ0) is 69.9. The molecule has 5 atom stereocenters. The Morgan fingerprint density at radius 2 is 0.788 bits per heavy atom. The van der Waals surface area contributed by atoms with Crippen molar-refractivity contribution in [3.8, 4) is 0 Å². The van der Waals surface area contributed by atoms with Crippen molar-refractivity contribution in [1.82, 2.24) is 10.6 Å². The molecule has 0 bridgehead atoms.